The molecule has 0 amide bonds. The first-order chi connectivity index (χ1) is 9.99. The molecule has 2 heterocycles. The van der Waals surface area contributed by atoms with Crippen LogP contribution in [-0.2, 0) is 24.8 Å². The Bertz CT molecular complexity index is 662. The van der Waals surface area contributed by atoms with Crippen LogP contribution in [0.1, 0.15) is 40.9 Å². The van der Waals surface area contributed by atoms with E-state index in [2.05, 4.69) is 15.4 Å². The van der Waals surface area contributed by atoms with Gasteiger partial charge in [-0.15, -0.1) is 5.10 Å². The number of ether oxygens (including phenoxy) is 1. The predicted octanol–water partition coefficient (Wildman–Crippen LogP) is 1.76. The number of nitrogens with zero attached hydrogens (tertiary/aromatic N) is 5. The number of esters is 1. The first-order valence-electron chi connectivity index (χ1n) is 6.68. The van der Waals surface area contributed by atoms with Crippen LogP contribution in [0.3, 0.4) is 0 Å². The summed E-state index contributed by atoms with van der Waals surface area (Å²) in [6, 6.07) is 0. The van der Waals surface area contributed by atoms with E-state index in [1.807, 2.05) is 20.9 Å². The zero-order chi connectivity index (χ0) is 15.6. The Labute approximate surface area is 127 Å². The first-order valence-corrected chi connectivity index (χ1v) is 7.06. The summed E-state index contributed by atoms with van der Waals surface area (Å²) in [6.45, 7) is 4.29. The van der Waals surface area contributed by atoms with Crippen LogP contribution in [0.2, 0.25) is 5.02 Å². The third-order valence-electron chi connectivity index (χ3n) is 3.26. The Morgan fingerprint density at radius 3 is 2.62 bits per heavy atom. The minimum atomic E-state index is -0.475. The Kier molecular flexibility index (Phi) is 4.62. The van der Waals surface area contributed by atoms with Gasteiger partial charge in [-0.3, -0.25) is 4.68 Å². The summed E-state index contributed by atoms with van der Waals surface area (Å²) in [7, 11) is 3.16. The number of halogens is 1. The largest absolute Gasteiger partial charge is 0.464 e. The van der Waals surface area contributed by atoms with E-state index in [0.29, 0.717) is 18.0 Å². The Hall–Kier alpha value is -1.89. The van der Waals surface area contributed by atoms with Gasteiger partial charge >= 0.3 is 5.97 Å². The predicted molar refractivity (Wildman–Crippen MR) is 77.4 cm³/mol. The van der Waals surface area contributed by atoms with Crippen molar-refractivity contribution in [2.45, 2.75) is 33.2 Å². The lowest BCUT2D eigenvalue weighted by molar-refractivity contribution is 0.0592. The lowest BCUT2D eigenvalue weighted by Gasteiger charge is -2.07. The second-order valence-corrected chi connectivity index (χ2v) is 5.13. The third kappa shape index (κ3) is 2.92. The van der Waals surface area contributed by atoms with E-state index in [4.69, 9.17) is 16.3 Å². The molecule has 0 radical (unpaired) electrons. The molecular weight excluding hydrogens is 294 g/mol. The van der Waals surface area contributed by atoms with Gasteiger partial charge in [-0.1, -0.05) is 30.2 Å². The van der Waals surface area contributed by atoms with Crippen LogP contribution < -0.4 is 0 Å². The zero-order valence-electron chi connectivity index (χ0n) is 12.6. The highest BCUT2D eigenvalue weighted by Crippen LogP contribution is 2.21. The maximum absolute atomic E-state index is 11.7. The smallest absolute Gasteiger partial charge is 0.360 e. The van der Waals surface area contributed by atoms with Crippen molar-refractivity contribution >= 4 is 17.6 Å². The number of aromatic nitrogens is 5. The molecule has 7 nitrogen and oxygen atoms in total. The standard InChI is InChI=1S/C13H18ClN5O2/c1-5-6-9-12(13(20)21-4)15-17-19(9)7-10-11(14)8(2)16-18(10)3/h5-7H2,1-4H3. The topological polar surface area (TPSA) is 74.8 Å². The molecule has 2 rings (SSSR count). The van der Waals surface area contributed by atoms with Crippen molar-refractivity contribution in [3.05, 3.63) is 27.8 Å². The Morgan fingerprint density at radius 1 is 1.38 bits per heavy atom. The van der Waals surface area contributed by atoms with Crippen LogP contribution in [-0.4, -0.2) is 37.9 Å². The highest BCUT2D eigenvalue weighted by molar-refractivity contribution is 6.31. The lowest BCUT2D eigenvalue weighted by atomic mass is 10.2. The van der Waals surface area contributed by atoms with E-state index in [-0.39, 0.29) is 5.69 Å². The van der Waals surface area contributed by atoms with Crippen LogP contribution in [0, 0.1) is 6.92 Å². The highest BCUT2D eigenvalue weighted by Gasteiger charge is 2.21. The van der Waals surface area contributed by atoms with E-state index >= 15 is 0 Å². The van der Waals surface area contributed by atoms with Crippen LogP contribution >= 0.6 is 11.6 Å². The molecule has 0 aliphatic heterocycles. The van der Waals surface area contributed by atoms with E-state index in [0.717, 1.165) is 23.5 Å². The number of aryl methyl sites for hydroxylation is 2. The SMILES string of the molecule is CCCc1c(C(=O)OC)nnn1Cc1c(Cl)c(C)nn1C. The molecule has 0 aromatic carbocycles. The number of hydrogen-bond acceptors (Lipinski definition) is 5. The fraction of sp³-hybridized carbons (Fsp3) is 0.538. The van der Waals surface area contributed by atoms with E-state index in [1.165, 1.54) is 7.11 Å². The van der Waals surface area contributed by atoms with Crippen molar-refractivity contribution in [2.24, 2.45) is 7.05 Å². The fourth-order valence-electron chi connectivity index (χ4n) is 2.19. The highest BCUT2D eigenvalue weighted by atomic mass is 35.5. The molecule has 2 aromatic rings. The summed E-state index contributed by atoms with van der Waals surface area (Å²) in [5.74, 6) is -0.475. The van der Waals surface area contributed by atoms with Gasteiger partial charge in [-0.05, 0) is 13.3 Å². The summed E-state index contributed by atoms with van der Waals surface area (Å²) >= 11 is 6.25. The number of methoxy groups -OCH3 is 1. The maximum Gasteiger partial charge on any atom is 0.360 e. The first kappa shape index (κ1) is 15.5. The molecule has 0 bridgehead atoms. The molecule has 0 fully saturated rings. The monoisotopic (exact) mass is 311 g/mol. The summed E-state index contributed by atoms with van der Waals surface area (Å²) < 4.78 is 8.13. The molecule has 0 saturated carbocycles. The molecule has 114 valence electrons. The third-order valence-corrected chi connectivity index (χ3v) is 3.76. The average molecular weight is 312 g/mol. The molecule has 21 heavy (non-hydrogen) atoms. The number of carbonyl (C=O) groups is 1. The second kappa shape index (κ2) is 6.26. The van der Waals surface area contributed by atoms with E-state index in [9.17, 15) is 4.79 Å². The van der Waals surface area contributed by atoms with Gasteiger partial charge in [0.15, 0.2) is 5.69 Å². The molecule has 0 saturated heterocycles. The minimum Gasteiger partial charge on any atom is -0.464 e. The quantitative estimate of drug-likeness (QED) is 0.787. The summed E-state index contributed by atoms with van der Waals surface area (Å²) in [5.41, 5.74) is 2.60. The van der Waals surface area contributed by atoms with Gasteiger partial charge in [0, 0.05) is 7.05 Å². The molecule has 8 heteroatoms. The molecule has 0 aliphatic carbocycles. The maximum atomic E-state index is 11.7. The van der Waals surface area contributed by atoms with Gasteiger partial charge in [0.05, 0.1) is 35.8 Å². The summed E-state index contributed by atoms with van der Waals surface area (Å²) in [5, 5.41) is 12.9. The van der Waals surface area contributed by atoms with Crippen molar-refractivity contribution < 1.29 is 9.53 Å². The van der Waals surface area contributed by atoms with Crippen molar-refractivity contribution in [3.63, 3.8) is 0 Å². The van der Waals surface area contributed by atoms with Crippen LogP contribution in [0.15, 0.2) is 0 Å². The minimum absolute atomic E-state index is 0.259. The molecule has 2 aromatic heterocycles. The molecular formula is C13H18ClN5O2. The number of rotatable bonds is 5. The molecule has 0 spiro atoms. The molecule has 0 aliphatic rings. The fourth-order valence-corrected chi connectivity index (χ4v) is 2.41. The van der Waals surface area contributed by atoms with Gasteiger partial charge in [-0.25, -0.2) is 9.48 Å². The molecule has 0 atom stereocenters. The van der Waals surface area contributed by atoms with Crippen molar-refractivity contribution in [2.75, 3.05) is 7.11 Å². The second-order valence-electron chi connectivity index (χ2n) is 4.75. The zero-order valence-corrected chi connectivity index (χ0v) is 13.3. The van der Waals surface area contributed by atoms with Crippen LogP contribution in [0.25, 0.3) is 0 Å². The lowest BCUT2D eigenvalue weighted by Crippen LogP contribution is -2.12. The van der Waals surface area contributed by atoms with Gasteiger partial charge in [0.1, 0.15) is 0 Å². The van der Waals surface area contributed by atoms with Gasteiger partial charge in [0.2, 0.25) is 0 Å². The van der Waals surface area contributed by atoms with Crippen molar-refractivity contribution in [1.29, 1.82) is 0 Å². The van der Waals surface area contributed by atoms with E-state index < -0.39 is 5.97 Å². The normalized spacial score (nSPS) is 10.9. The van der Waals surface area contributed by atoms with Crippen molar-refractivity contribution in [1.82, 2.24) is 24.8 Å². The van der Waals surface area contributed by atoms with Gasteiger partial charge in [-0.2, -0.15) is 5.10 Å². The Balaban J connectivity index is 2.40. The van der Waals surface area contributed by atoms with Crippen LogP contribution in [0.4, 0.5) is 0 Å². The molecule has 0 N–H and O–H groups in total. The van der Waals surface area contributed by atoms with Crippen LogP contribution in [0.5, 0.6) is 0 Å². The summed E-state index contributed by atoms with van der Waals surface area (Å²) in [4.78, 5) is 11.7. The molecule has 0 unspecified atom stereocenters. The number of carbonyl (C=O) groups excluding carboxylic acids is 1. The van der Waals surface area contributed by atoms with Gasteiger partial charge in [0.25, 0.3) is 0 Å². The summed E-state index contributed by atoms with van der Waals surface area (Å²) in [6.07, 6.45) is 1.56. The van der Waals surface area contributed by atoms with Gasteiger partial charge < -0.3 is 4.74 Å². The van der Waals surface area contributed by atoms with E-state index in [1.54, 1.807) is 9.36 Å². The average Bonchev–Trinajstić information content (AvgIpc) is 2.95. The Morgan fingerprint density at radius 2 is 2.10 bits per heavy atom. The van der Waals surface area contributed by atoms with Crippen molar-refractivity contribution in [3.8, 4) is 0 Å². The number of hydrogen-bond donors (Lipinski definition) is 0.